The van der Waals surface area contributed by atoms with Gasteiger partial charge in [-0.3, -0.25) is 19.7 Å². The van der Waals surface area contributed by atoms with E-state index in [4.69, 9.17) is 11.6 Å². The highest BCUT2D eigenvalue weighted by molar-refractivity contribution is 6.29. The van der Waals surface area contributed by atoms with E-state index in [1.165, 1.54) is 0 Å². The zero-order valence-electron chi connectivity index (χ0n) is 17.6. The van der Waals surface area contributed by atoms with E-state index in [1.807, 2.05) is 13.8 Å². The molecule has 178 valence electrons. The first-order chi connectivity index (χ1) is 15.3. The Morgan fingerprint density at radius 1 is 1.18 bits per heavy atom. The van der Waals surface area contributed by atoms with Crippen LogP contribution in [0.4, 0.5) is 34.6 Å². The molecule has 0 radical (unpaired) electrons. The zero-order chi connectivity index (χ0) is 24.9. The minimum atomic E-state index is -4.83. The zero-order valence-corrected chi connectivity index (χ0v) is 18.3. The van der Waals surface area contributed by atoms with E-state index in [-0.39, 0.29) is 23.8 Å². The van der Waals surface area contributed by atoms with Gasteiger partial charge in [0.2, 0.25) is 11.7 Å². The van der Waals surface area contributed by atoms with Gasteiger partial charge >= 0.3 is 11.9 Å². The quantitative estimate of drug-likeness (QED) is 0.225. The lowest BCUT2D eigenvalue weighted by molar-refractivity contribution is -0.387. The lowest BCUT2D eigenvalue weighted by Gasteiger charge is -2.24. The van der Waals surface area contributed by atoms with Crippen molar-refractivity contribution < 1.29 is 32.1 Å². The molecule has 33 heavy (non-hydrogen) atoms. The van der Waals surface area contributed by atoms with Gasteiger partial charge in [0.05, 0.1) is 10.5 Å². The van der Waals surface area contributed by atoms with Crippen molar-refractivity contribution in [3.63, 3.8) is 0 Å². The van der Waals surface area contributed by atoms with Gasteiger partial charge in [0.25, 0.3) is 5.91 Å². The van der Waals surface area contributed by atoms with Crippen LogP contribution in [0.15, 0.2) is 36.4 Å². The average molecular weight is 490 g/mol. The summed E-state index contributed by atoms with van der Waals surface area (Å²) < 4.78 is 54.0. The highest BCUT2D eigenvalue weighted by Crippen LogP contribution is 2.34. The molecule has 0 aliphatic heterocycles. The summed E-state index contributed by atoms with van der Waals surface area (Å²) in [6.45, 7) is 3.82. The smallest absolute Gasteiger partial charge is 0.322 e. The number of nitrogens with one attached hydrogen (secondary N) is 1. The number of nitro groups is 1. The number of hydrogen-bond donors (Lipinski definition) is 1. The van der Waals surface area contributed by atoms with Gasteiger partial charge < -0.3 is 10.2 Å². The maximum absolute atomic E-state index is 13.5. The molecule has 2 aromatic carbocycles. The van der Waals surface area contributed by atoms with E-state index >= 15 is 0 Å². The van der Waals surface area contributed by atoms with Gasteiger partial charge in [-0.05, 0) is 42.7 Å². The van der Waals surface area contributed by atoms with E-state index in [0.29, 0.717) is 12.5 Å². The molecule has 0 bridgehead atoms. The Labute approximate surface area is 191 Å². The number of benzene rings is 2. The fourth-order valence-electron chi connectivity index (χ4n) is 2.85. The summed E-state index contributed by atoms with van der Waals surface area (Å²) in [5.41, 5.74) is -2.91. The van der Waals surface area contributed by atoms with Crippen LogP contribution in [0.5, 0.6) is 0 Å². The van der Waals surface area contributed by atoms with Crippen LogP contribution in [0, 0.1) is 21.8 Å². The standard InChI is InChI=1S/C21H20ClF4N3O4/c1-12(2)5-6-28(19(30)11-22)16-8-13(7-14(9-16)21(24,25)26)20(31)27-15-3-4-17(23)18(10-15)29(32)33/h3-4,7-10,12H,5-6,11H2,1-2H3,(H,27,31). The van der Waals surface area contributed by atoms with E-state index < -0.39 is 51.4 Å². The fourth-order valence-corrected chi connectivity index (χ4v) is 3.00. The molecule has 2 aromatic rings. The van der Waals surface area contributed by atoms with Crippen molar-refractivity contribution in [1.29, 1.82) is 0 Å². The molecule has 2 amide bonds. The van der Waals surface area contributed by atoms with Gasteiger partial charge in [0.1, 0.15) is 5.88 Å². The molecule has 0 saturated heterocycles. The number of anilines is 2. The third kappa shape index (κ3) is 6.88. The Hall–Kier alpha value is -3.21. The average Bonchev–Trinajstić information content (AvgIpc) is 2.73. The van der Waals surface area contributed by atoms with Gasteiger partial charge in [-0.25, -0.2) is 0 Å². The van der Waals surface area contributed by atoms with E-state index in [0.717, 1.165) is 35.2 Å². The van der Waals surface area contributed by atoms with Crippen LogP contribution in [0.2, 0.25) is 0 Å². The lowest BCUT2D eigenvalue weighted by Crippen LogP contribution is -2.34. The number of halogens is 5. The minimum absolute atomic E-state index is 0.0791. The van der Waals surface area contributed by atoms with Crippen molar-refractivity contribution in [1.82, 2.24) is 0 Å². The van der Waals surface area contributed by atoms with Crippen LogP contribution in [-0.4, -0.2) is 29.2 Å². The maximum atomic E-state index is 13.5. The molecule has 0 heterocycles. The number of carbonyl (C=O) groups is 2. The second-order valence-corrected chi connectivity index (χ2v) is 7.77. The van der Waals surface area contributed by atoms with Crippen molar-refractivity contribution in [2.45, 2.75) is 26.4 Å². The Kier molecular flexibility index (Phi) is 8.37. The molecule has 0 atom stereocenters. The van der Waals surface area contributed by atoms with Crippen LogP contribution in [0.3, 0.4) is 0 Å². The predicted octanol–water partition coefficient (Wildman–Crippen LogP) is 5.62. The summed E-state index contributed by atoms with van der Waals surface area (Å²) in [5.74, 6) is -3.16. The second kappa shape index (κ2) is 10.6. The number of carbonyl (C=O) groups excluding carboxylic acids is 2. The molecular formula is C21H20ClF4N3O4. The number of amides is 2. The Morgan fingerprint density at radius 2 is 1.85 bits per heavy atom. The van der Waals surface area contributed by atoms with Crippen LogP contribution in [0.25, 0.3) is 0 Å². The van der Waals surface area contributed by atoms with Crippen LogP contribution < -0.4 is 10.2 Å². The first kappa shape index (κ1) is 26.0. The molecule has 0 spiro atoms. The normalized spacial score (nSPS) is 11.4. The Morgan fingerprint density at radius 3 is 2.39 bits per heavy atom. The molecule has 0 aromatic heterocycles. The van der Waals surface area contributed by atoms with Crippen molar-refractivity contribution in [3.8, 4) is 0 Å². The monoisotopic (exact) mass is 489 g/mol. The fraction of sp³-hybridized carbons (Fsp3) is 0.333. The Balaban J connectivity index is 2.49. The molecule has 0 saturated carbocycles. The lowest BCUT2D eigenvalue weighted by atomic mass is 10.1. The van der Waals surface area contributed by atoms with Crippen molar-refractivity contribution in [3.05, 3.63) is 63.5 Å². The van der Waals surface area contributed by atoms with Crippen LogP contribution >= 0.6 is 11.6 Å². The van der Waals surface area contributed by atoms with E-state index in [9.17, 15) is 37.3 Å². The topological polar surface area (TPSA) is 92.6 Å². The van der Waals surface area contributed by atoms with E-state index in [2.05, 4.69) is 5.32 Å². The molecule has 0 aliphatic carbocycles. The Bertz CT molecular complexity index is 1060. The van der Waals surface area contributed by atoms with Crippen molar-refractivity contribution in [2.75, 3.05) is 22.6 Å². The molecule has 1 N–H and O–H groups in total. The molecule has 0 aliphatic rings. The maximum Gasteiger partial charge on any atom is 0.416 e. The third-order valence-electron chi connectivity index (χ3n) is 4.57. The minimum Gasteiger partial charge on any atom is -0.322 e. The van der Waals surface area contributed by atoms with Crippen LogP contribution in [0.1, 0.15) is 36.2 Å². The predicted molar refractivity (Wildman–Crippen MR) is 115 cm³/mol. The SMILES string of the molecule is CC(C)CCN(C(=O)CCl)c1cc(C(=O)Nc2ccc(F)c([N+](=O)[O-])c2)cc(C(F)(F)F)c1. The summed E-state index contributed by atoms with van der Waals surface area (Å²) in [7, 11) is 0. The molecule has 0 unspecified atom stereocenters. The van der Waals surface area contributed by atoms with Gasteiger partial charge in [-0.15, -0.1) is 11.6 Å². The molecular weight excluding hydrogens is 470 g/mol. The van der Waals surface area contributed by atoms with Crippen molar-refractivity contribution >= 4 is 40.5 Å². The highest BCUT2D eigenvalue weighted by atomic mass is 35.5. The van der Waals surface area contributed by atoms with Gasteiger partial charge in [0.15, 0.2) is 0 Å². The number of rotatable bonds is 8. The third-order valence-corrected chi connectivity index (χ3v) is 4.79. The summed E-state index contributed by atoms with van der Waals surface area (Å²) in [6, 6.07) is 4.94. The first-order valence-electron chi connectivity index (χ1n) is 9.67. The molecule has 2 rings (SSSR count). The summed E-state index contributed by atoms with van der Waals surface area (Å²) in [5, 5.41) is 13.1. The highest BCUT2D eigenvalue weighted by Gasteiger charge is 2.33. The number of nitrogens with zero attached hydrogens (tertiary/aromatic N) is 2. The number of hydrogen-bond acceptors (Lipinski definition) is 4. The van der Waals surface area contributed by atoms with Gasteiger partial charge in [-0.1, -0.05) is 13.8 Å². The molecule has 12 heteroatoms. The van der Waals surface area contributed by atoms with E-state index in [1.54, 1.807) is 0 Å². The molecule has 7 nitrogen and oxygen atoms in total. The van der Waals surface area contributed by atoms with Crippen molar-refractivity contribution in [2.24, 2.45) is 5.92 Å². The second-order valence-electron chi connectivity index (χ2n) is 7.51. The summed E-state index contributed by atoms with van der Waals surface area (Å²) in [4.78, 5) is 35.9. The summed E-state index contributed by atoms with van der Waals surface area (Å²) in [6.07, 6.45) is -4.35. The van der Waals surface area contributed by atoms with Crippen LogP contribution in [-0.2, 0) is 11.0 Å². The van der Waals surface area contributed by atoms with Gasteiger partial charge in [0, 0.05) is 29.5 Å². The van der Waals surface area contributed by atoms with Gasteiger partial charge in [-0.2, -0.15) is 17.6 Å². The molecule has 0 fully saturated rings. The number of alkyl halides is 4. The largest absolute Gasteiger partial charge is 0.416 e. The first-order valence-corrected chi connectivity index (χ1v) is 10.2. The summed E-state index contributed by atoms with van der Waals surface area (Å²) >= 11 is 5.63. The number of nitro benzene ring substituents is 1.